The quantitative estimate of drug-likeness (QED) is 0.420. The number of nitrogens with two attached hydrogens (primary N) is 1. The van der Waals surface area contributed by atoms with Gasteiger partial charge in [-0.25, -0.2) is 0 Å². The molecule has 1 aromatic carbocycles. The van der Waals surface area contributed by atoms with Gasteiger partial charge in [0.1, 0.15) is 5.84 Å². The van der Waals surface area contributed by atoms with Gasteiger partial charge in [-0.15, -0.1) is 0 Å². The van der Waals surface area contributed by atoms with Gasteiger partial charge in [-0.2, -0.15) is 0 Å². The number of anilines is 2. The van der Waals surface area contributed by atoms with Crippen LogP contribution in [0, 0.1) is 13.8 Å². The van der Waals surface area contributed by atoms with Crippen molar-refractivity contribution in [2.24, 2.45) is 10.7 Å². The Bertz CT molecular complexity index is 991. The number of amidine groups is 1. The van der Waals surface area contributed by atoms with E-state index >= 15 is 0 Å². The van der Waals surface area contributed by atoms with E-state index in [2.05, 4.69) is 37.0 Å². The van der Waals surface area contributed by atoms with Gasteiger partial charge in [-0.3, -0.25) is 19.8 Å². The number of benzene rings is 1. The fourth-order valence-corrected chi connectivity index (χ4v) is 3.63. The minimum Gasteiger partial charge on any atom is -0.396 e. The largest absolute Gasteiger partial charge is 0.396 e. The zero-order valence-corrected chi connectivity index (χ0v) is 18.7. The Morgan fingerprint density at radius 2 is 2.00 bits per heavy atom. The average molecular weight is 422 g/mol. The van der Waals surface area contributed by atoms with Gasteiger partial charge in [0.25, 0.3) is 0 Å². The van der Waals surface area contributed by atoms with Crippen molar-refractivity contribution in [1.29, 1.82) is 0 Å². The molecule has 0 saturated carbocycles. The highest BCUT2D eigenvalue weighted by atomic mass is 16.1. The van der Waals surface area contributed by atoms with Crippen molar-refractivity contribution in [2.45, 2.75) is 20.8 Å². The van der Waals surface area contributed by atoms with Gasteiger partial charge in [0.2, 0.25) is 0 Å². The Morgan fingerprint density at radius 1 is 1.26 bits per heavy atom. The molecule has 3 N–H and O–H groups in total. The Morgan fingerprint density at radius 3 is 2.61 bits per heavy atom. The lowest BCUT2D eigenvalue weighted by Crippen LogP contribution is -2.46. The molecule has 2 heterocycles. The van der Waals surface area contributed by atoms with E-state index in [1.807, 2.05) is 32.0 Å². The van der Waals surface area contributed by atoms with Gasteiger partial charge in [-0.1, -0.05) is 6.92 Å². The van der Waals surface area contributed by atoms with Crippen LogP contribution in [0.25, 0.3) is 6.08 Å². The Balaban J connectivity index is 1.78. The van der Waals surface area contributed by atoms with E-state index in [1.54, 1.807) is 19.3 Å². The fourth-order valence-electron chi connectivity index (χ4n) is 3.63. The number of nitrogens with one attached hydrogen (secondary N) is 1. The number of rotatable bonds is 6. The minimum absolute atomic E-state index is 0.417. The predicted octanol–water partition coefficient (Wildman–Crippen LogP) is 2.49. The zero-order chi connectivity index (χ0) is 22.4. The number of aryl methyl sites for hydroxylation is 2. The maximum absolute atomic E-state index is 11.8. The van der Waals surface area contributed by atoms with Crippen LogP contribution in [0.1, 0.15) is 34.4 Å². The molecule has 1 aromatic heterocycles. The second kappa shape index (κ2) is 10.2. The first kappa shape index (κ1) is 22.4. The molecule has 1 aliphatic rings. The van der Waals surface area contributed by atoms with Crippen LogP contribution in [0.4, 0.5) is 11.4 Å². The molecule has 8 nitrogen and oxygen atoms in total. The molecule has 3 rings (SSSR count). The third kappa shape index (κ3) is 5.46. The SMILES string of the molecule is CCN1CCN(c2ccc(NC(=NC)C(N)=Cc3ncc(C)nc3C)c(C=O)c2)CC1. The summed E-state index contributed by atoms with van der Waals surface area (Å²) in [5.41, 5.74) is 11.3. The summed E-state index contributed by atoms with van der Waals surface area (Å²) in [6, 6.07) is 5.85. The summed E-state index contributed by atoms with van der Waals surface area (Å²) in [6.45, 7) is 11.0. The highest BCUT2D eigenvalue weighted by molar-refractivity contribution is 6.11. The smallest absolute Gasteiger partial charge is 0.152 e. The molecule has 0 unspecified atom stereocenters. The van der Waals surface area contributed by atoms with Crippen molar-refractivity contribution in [3.63, 3.8) is 0 Å². The monoisotopic (exact) mass is 421 g/mol. The fraction of sp³-hybridized carbons (Fsp3) is 0.391. The van der Waals surface area contributed by atoms with Gasteiger partial charge < -0.3 is 20.9 Å². The highest BCUT2D eigenvalue weighted by Gasteiger charge is 2.17. The topological polar surface area (TPSA) is 99.7 Å². The lowest BCUT2D eigenvalue weighted by molar-refractivity contribution is 0.112. The third-order valence-electron chi connectivity index (χ3n) is 5.49. The normalized spacial score (nSPS) is 15.8. The van der Waals surface area contributed by atoms with Crippen molar-refractivity contribution in [3.8, 4) is 0 Å². The number of aldehydes is 1. The maximum atomic E-state index is 11.8. The minimum atomic E-state index is 0.417. The second-order valence-electron chi connectivity index (χ2n) is 7.59. The van der Waals surface area contributed by atoms with Crippen LogP contribution in [0.15, 0.2) is 35.1 Å². The maximum Gasteiger partial charge on any atom is 0.152 e. The molecule has 1 aliphatic heterocycles. The molecule has 1 saturated heterocycles. The summed E-state index contributed by atoms with van der Waals surface area (Å²) < 4.78 is 0. The summed E-state index contributed by atoms with van der Waals surface area (Å²) in [4.78, 5) is 29.6. The molecule has 31 heavy (non-hydrogen) atoms. The van der Waals surface area contributed by atoms with Crippen molar-refractivity contribution in [3.05, 3.63) is 52.7 Å². The lowest BCUT2D eigenvalue weighted by Gasteiger charge is -2.35. The van der Waals surface area contributed by atoms with Crippen molar-refractivity contribution < 1.29 is 4.79 Å². The summed E-state index contributed by atoms with van der Waals surface area (Å²) in [5, 5.41) is 3.20. The van der Waals surface area contributed by atoms with Crippen LogP contribution >= 0.6 is 0 Å². The van der Waals surface area contributed by atoms with E-state index < -0.39 is 0 Å². The van der Waals surface area contributed by atoms with Crippen molar-refractivity contribution >= 4 is 29.6 Å². The number of carbonyl (C=O) groups excluding carboxylic acids is 1. The van der Waals surface area contributed by atoms with E-state index in [0.29, 0.717) is 28.5 Å². The number of nitrogens with zero attached hydrogens (tertiary/aromatic N) is 5. The van der Waals surface area contributed by atoms with Crippen LogP contribution in [0.5, 0.6) is 0 Å². The zero-order valence-electron chi connectivity index (χ0n) is 18.7. The van der Waals surface area contributed by atoms with Gasteiger partial charge in [0.15, 0.2) is 6.29 Å². The number of piperazine rings is 1. The van der Waals surface area contributed by atoms with Gasteiger partial charge in [-0.05, 0) is 44.7 Å². The molecule has 0 spiro atoms. The van der Waals surface area contributed by atoms with E-state index in [0.717, 1.165) is 56.1 Å². The predicted molar refractivity (Wildman–Crippen MR) is 127 cm³/mol. The van der Waals surface area contributed by atoms with E-state index in [-0.39, 0.29) is 0 Å². The number of likely N-dealkylation sites (N-methyl/N-ethyl adjacent to an activating group) is 1. The molecule has 8 heteroatoms. The molecule has 2 aromatic rings. The number of aromatic nitrogens is 2. The molecular weight excluding hydrogens is 390 g/mol. The first-order chi connectivity index (χ1) is 14.9. The number of hydrogen-bond donors (Lipinski definition) is 2. The Hall–Kier alpha value is -3.26. The molecule has 0 atom stereocenters. The van der Waals surface area contributed by atoms with E-state index in [9.17, 15) is 4.79 Å². The van der Waals surface area contributed by atoms with Gasteiger partial charge >= 0.3 is 0 Å². The van der Waals surface area contributed by atoms with Crippen LogP contribution in [0.3, 0.4) is 0 Å². The first-order valence-electron chi connectivity index (χ1n) is 10.5. The third-order valence-corrected chi connectivity index (χ3v) is 5.49. The van der Waals surface area contributed by atoms with Crippen LogP contribution in [0.2, 0.25) is 0 Å². The molecule has 1 fully saturated rings. The van der Waals surface area contributed by atoms with Crippen molar-refractivity contribution in [2.75, 3.05) is 50.0 Å². The molecule has 0 aliphatic carbocycles. The average Bonchev–Trinajstić information content (AvgIpc) is 2.79. The summed E-state index contributed by atoms with van der Waals surface area (Å²) in [5.74, 6) is 0.467. The van der Waals surface area contributed by atoms with E-state index in [1.165, 1.54) is 0 Å². The van der Waals surface area contributed by atoms with Crippen molar-refractivity contribution in [1.82, 2.24) is 14.9 Å². The highest BCUT2D eigenvalue weighted by Crippen LogP contribution is 2.24. The molecular formula is C23H31N7O. The van der Waals surface area contributed by atoms with Crippen LogP contribution in [-0.4, -0.2) is 66.8 Å². The van der Waals surface area contributed by atoms with Gasteiger partial charge in [0, 0.05) is 50.7 Å². The summed E-state index contributed by atoms with van der Waals surface area (Å²) >= 11 is 0. The Kier molecular flexibility index (Phi) is 7.36. The lowest BCUT2D eigenvalue weighted by atomic mass is 10.1. The van der Waals surface area contributed by atoms with Crippen LogP contribution < -0.4 is 16.0 Å². The summed E-state index contributed by atoms with van der Waals surface area (Å²) in [6.07, 6.45) is 4.29. The molecule has 164 valence electrons. The van der Waals surface area contributed by atoms with E-state index in [4.69, 9.17) is 5.73 Å². The summed E-state index contributed by atoms with van der Waals surface area (Å²) in [7, 11) is 1.65. The number of aliphatic imine (C=N–C) groups is 1. The Labute approximate surface area is 183 Å². The molecule has 0 radical (unpaired) electrons. The first-order valence-corrected chi connectivity index (χ1v) is 10.5. The van der Waals surface area contributed by atoms with Gasteiger partial charge in [0.05, 0.1) is 28.5 Å². The molecule has 0 amide bonds. The second-order valence-corrected chi connectivity index (χ2v) is 7.59. The molecule has 0 bridgehead atoms. The number of carbonyl (C=O) groups is 1. The standard InChI is InChI=1S/C23H31N7O/c1-5-29-8-10-30(11-9-29)19-6-7-21(18(12-19)15-31)28-23(25-4)20(24)13-22-17(3)27-16(2)14-26-22/h6-7,12-15H,5,8-11,24H2,1-4H3,(H,25,28). The number of hydrogen-bond acceptors (Lipinski definition) is 7. The van der Waals surface area contributed by atoms with Crippen LogP contribution in [-0.2, 0) is 0 Å².